The zero-order chi connectivity index (χ0) is 14.4. The van der Waals surface area contributed by atoms with Crippen LogP contribution in [0.3, 0.4) is 0 Å². The second kappa shape index (κ2) is 7.26. The fraction of sp³-hybridized carbons (Fsp3) is 0.533. The first kappa shape index (κ1) is 14.8. The number of amides is 1. The molecule has 0 unspecified atom stereocenters. The molecule has 0 bridgehead atoms. The summed E-state index contributed by atoms with van der Waals surface area (Å²) in [5, 5.41) is 6.19. The van der Waals surface area contributed by atoms with Crippen molar-refractivity contribution >= 4 is 11.6 Å². The Labute approximate surface area is 120 Å². The Bertz CT molecular complexity index is 442. The van der Waals surface area contributed by atoms with Crippen LogP contribution < -0.4 is 15.4 Å². The highest BCUT2D eigenvalue weighted by Crippen LogP contribution is 2.22. The number of nitrogens with one attached hydrogen (secondary N) is 2. The minimum Gasteiger partial charge on any atom is -0.495 e. The summed E-state index contributed by atoms with van der Waals surface area (Å²) in [4.78, 5) is 14.3. The largest absolute Gasteiger partial charge is 0.495 e. The summed E-state index contributed by atoms with van der Waals surface area (Å²) < 4.78 is 5.21. The van der Waals surface area contributed by atoms with Crippen LogP contribution in [0, 0.1) is 0 Å². The van der Waals surface area contributed by atoms with Gasteiger partial charge in [0.1, 0.15) is 5.75 Å². The summed E-state index contributed by atoms with van der Waals surface area (Å²) in [6.07, 6.45) is 2.19. The fourth-order valence-electron chi connectivity index (χ4n) is 2.39. The number of nitrogens with zero attached hydrogens (tertiary/aromatic N) is 1. The number of ether oxygens (including phenoxy) is 1. The number of anilines is 1. The van der Waals surface area contributed by atoms with Gasteiger partial charge in [-0.05, 0) is 45.1 Å². The Kier molecular flexibility index (Phi) is 5.38. The Morgan fingerprint density at radius 2 is 2.05 bits per heavy atom. The number of para-hydroxylation sites is 2. The molecule has 1 aromatic rings. The van der Waals surface area contributed by atoms with Crippen LogP contribution in [0.5, 0.6) is 5.75 Å². The van der Waals surface area contributed by atoms with Gasteiger partial charge in [-0.3, -0.25) is 4.79 Å². The fourth-order valence-corrected chi connectivity index (χ4v) is 2.39. The third-order valence-electron chi connectivity index (χ3n) is 3.65. The topological polar surface area (TPSA) is 53.6 Å². The van der Waals surface area contributed by atoms with Gasteiger partial charge in [-0.25, -0.2) is 0 Å². The van der Waals surface area contributed by atoms with Crippen LogP contribution in [-0.4, -0.2) is 50.6 Å². The molecule has 0 spiro atoms. The van der Waals surface area contributed by atoms with Gasteiger partial charge in [-0.2, -0.15) is 0 Å². The molecule has 0 aliphatic carbocycles. The summed E-state index contributed by atoms with van der Waals surface area (Å²) >= 11 is 0. The second-order valence-electron chi connectivity index (χ2n) is 5.21. The predicted octanol–water partition coefficient (Wildman–Crippen LogP) is 1.32. The number of piperidine rings is 1. The van der Waals surface area contributed by atoms with Crippen molar-refractivity contribution in [1.82, 2.24) is 10.2 Å². The smallest absolute Gasteiger partial charge is 0.238 e. The van der Waals surface area contributed by atoms with Crippen molar-refractivity contribution in [3.63, 3.8) is 0 Å². The Hall–Kier alpha value is -1.59. The van der Waals surface area contributed by atoms with E-state index in [1.54, 1.807) is 7.11 Å². The van der Waals surface area contributed by atoms with E-state index >= 15 is 0 Å². The van der Waals surface area contributed by atoms with Crippen LogP contribution in [0.15, 0.2) is 24.3 Å². The number of benzene rings is 1. The molecule has 1 aliphatic rings. The maximum absolute atomic E-state index is 11.9. The van der Waals surface area contributed by atoms with Gasteiger partial charge in [-0.15, -0.1) is 0 Å². The minimum atomic E-state index is -0.0339. The van der Waals surface area contributed by atoms with Crippen molar-refractivity contribution in [3.8, 4) is 5.75 Å². The standard InChI is InChI=1S/C15H23N3O2/c1-18-9-7-12(8-10-18)16-11-15(19)17-13-5-3-4-6-14(13)20-2/h3-6,12,16H,7-11H2,1-2H3,(H,17,19). The van der Waals surface area contributed by atoms with Crippen molar-refractivity contribution in [1.29, 1.82) is 0 Å². The second-order valence-corrected chi connectivity index (χ2v) is 5.21. The highest BCUT2D eigenvalue weighted by atomic mass is 16.5. The Balaban J connectivity index is 1.78. The van der Waals surface area contributed by atoms with E-state index in [9.17, 15) is 4.79 Å². The zero-order valence-electron chi connectivity index (χ0n) is 12.2. The zero-order valence-corrected chi connectivity index (χ0v) is 12.2. The summed E-state index contributed by atoms with van der Waals surface area (Å²) in [5.74, 6) is 0.647. The van der Waals surface area contributed by atoms with Gasteiger partial charge in [0.2, 0.25) is 5.91 Å². The van der Waals surface area contributed by atoms with E-state index in [2.05, 4.69) is 22.6 Å². The number of carbonyl (C=O) groups is 1. The third kappa shape index (κ3) is 4.21. The molecule has 2 rings (SSSR count). The average Bonchev–Trinajstić information content (AvgIpc) is 2.47. The Morgan fingerprint density at radius 3 is 2.75 bits per heavy atom. The number of carbonyl (C=O) groups excluding carboxylic acids is 1. The number of methoxy groups -OCH3 is 1. The van der Waals surface area contributed by atoms with Crippen molar-refractivity contribution in [2.75, 3.05) is 39.1 Å². The van der Waals surface area contributed by atoms with Gasteiger partial charge >= 0.3 is 0 Å². The van der Waals surface area contributed by atoms with E-state index in [1.165, 1.54) is 0 Å². The minimum absolute atomic E-state index is 0.0339. The normalized spacial score (nSPS) is 16.9. The molecular weight excluding hydrogens is 254 g/mol. The van der Waals surface area contributed by atoms with Crippen LogP contribution in [0.4, 0.5) is 5.69 Å². The number of hydrogen-bond acceptors (Lipinski definition) is 4. The Morgan fingerprint density at radius 1 is 1.35 bits per heavy atom. The molecule has 1 heterocycles. The molecule has 1 aliphatic heterocycles. The molecule has 0 atom stereocenters. The lowest BCUT2D eigenvalue weighted by Gasteiger charge is -2.29. The van der Waals surface area contributed by atoms with Crippen molar-refractivity contribution in [2.24, 2.45) is 0 Å². The monoisotopic (exact) mass is 277 g/mol. The van der Waals surface area contributed by atoms with Crippen molar-refractivity contribution in [3.05, 3.63) is 24.3 Å². The van der Waals surface area contributed by atoms with E-state index in [-0.39, 0.29) is 5.91 Å². The summed E-state index contributed by atoms with van der Waals surface area (Å²) in [7, 11) is 3.73. The quantitative estimate of drug-likeness (QED) is 0.852. The molecule has 0 aromatic heterocycles. The van der Waals surface area contributed by atoms with Crippen LogP contribution in [0.1, 0.15) is 12.8 Å². The van der Waals surface area contributed by atoms with Gasteiger partial charge in [-0.1, -0.05) is 12.1 Å². The van der Waals surface area contributed by atoms with Crippen LogP contribution in [0.25, 0.3) is 0 Å². The lowest BCUT2D eigenvalue weighted by molar-refractivity contribution is -0.115. The molecule has 110 valence electrons. The van der Waals surface area contributed by atoms with Gasteiger partial charge in [0.15, 0.2) is 0 Å². The molecule has 20 heavy (non-hydrogen) atoms. The summed E-state index contributed by atoms with van der Waals surface area (Å²) in [6, 6.07) is 7.87. The first-order valence-corrected chi connectivity index (χ1v) is 7.04. The highest BCUT2D eigenvalue weighted by Gasteiger charge is 2.17. The maximum Gasteiger partial charge on any atom is 0.238 e. The van der Waals surface area contributed by atoms with Crippen LogP contribution in [-0.2, 0) is 4.79 Å². The SMILES string of the molecule is COc1ccccc1NC(=O)CNC1CCN(C)CC1. The average molecular weight is 277 g/mol. The number of hydrogen-bond donors (Lipinski definition) is 2. The summed E-state index contributed by atoms with van der Waals surface area (Å²) in [5.41, 5.74) is 0.713. The third-order valence-corrected chi connectivity index (χ3v) is 3.65. The maximum atomic E-state index is 11.9. The van der Waals surface area contributed by atoms with E-state index in [1.807, 2.05) is 24.3 Å². The molecule has 2 N–H and O–H groups in total. The molecule has 1 saturated heterocycles. The molecular formula is C15H23N3O2. The van der Waals surface area contributed by atoms with Crippen LogP contribution >= 0.6 is 0 Å². The van der Waals surface area contributed by atoms with Crippen molar-refractivity contribution in [2.45, 2.75) is 18.9 Å². The van der Waals surface area contributed by atoms with Gasteiger partial charge in [0.25, 0.3) is 0 Å². The number of rotatable bonds is 5. The van der Waals surface area contributed by atoms with E-state index in [0.29, 0.717) is 24.0 Å². The van der Waals surface area contributed by atoms with E-state index < -0.39 is 0 Å². The molecule has 1 fully saturated rings. The first-order chi connectivity index (χ1) is 9.69. The van der Waals surface area contributed by atoms with Gasteiger partial charge < -0.3 is 20.3 Å². The lowest BCUT2D eigenvalue weighted by atomic mass is 10.1. The predicted molar refractivity (Wildman–Crippen MR) is 80.1 cm³/mol. The summed E-state index contributed by atoms with van der Waals surface area (Å²) in [6.45, 7) is 2.52. The van der Waals surface area contributed by atoms with Gasteiger partial charge in [0, 0.05) is 6.04 Å². The molecule has 5 heteroatoms. The molecule has 0 saturated carbocycles. The number of likely N-dealkylation sites (tertiary alicyclic amines) is 1. The molecule has 5 nitrogen and oxygen atoms in total. The first-order valence-electron chi connectivity index (χ1n) is 7.04. The molecule has 1 aromatic carbocycles. The highest BCUT2D eigenvalue weighted by molar-refractivity contribution is 5.93. The van der Waals surface area contributed by atoms with Gasteiger partial charge in [0.05, 0.1) is 19.3 Å². The lowest BCUT2D eigenvalue weighted by Crippen LogP contribution is -2.43. The van der Waals surface area contributed by atoms with Crippen LogP contribution in [0.2, 0.25) is 0 Å². The van der Waals surface area contributed by atoms with E-state index in [4.69, 9.17) is 4.74 Å². The molecule has 0 radical (unpaired) electrons. The molecule has 1 amide bonds. The van der Waals surface area contributed by atoms with E-state index in [0.717, 1.165) is 25.9 Å². The van der Waals surface area contributed by atoms with Crippen molar-refractivity contribution < 1.29 is 9.53 Å².